The number of rotatable bonds is 3. The topological polar surface area (TPSA) is 29.1 Å². The normalized spacial score (nSPS) is 10.4. The fourth-order valence-electron chi connectivity index (χ4n) is 1.61. The van der Waals surface area contributed by atoms with E-state index in [9.17, 15) is 18.0 Å². The first-order chi connectivity index (χ1) is 9.47. The first kappa shape index (κ1) is 14.5. The van der Waals surface area contributed by atoms with Gasteiger partial charge in [0.25, 0.3) is 5.91 Å². The molecule has 2 aromatic rings. The van der Waals surface area contributed by atoms with Gasteiger partial charge in [-0.2, -0.15) is 0 Å². The molecule has 0 radical (unpaired) electrons. The Morgan fingerprint density at radius 3 is 2.40 bits per heavy atom. The van der Waals surface area contributed by atoms with E-state index >= 15 is 0 Å². The van der Waals surface area contributed by atoms with Crippen LogP contribution in [-0.4, -0.2) is 5.91 Å². The second-order valence-electron chi connectivity index (χ2n) is 4.10. The van der Waals surface area contributed by atoms with Gasteiger partial charge in [-0.3, -0.25) is 4.79 Å². The molecule has 2 rings (SSSR count). The average molecular weight is 297 g/mol. The summed E-state index contributed by atoms with van der Waals surface area (Å²) < 4.78 is 39.2. The molecule has 0 aliphatic rings. The highest BCUT2D eigenvalue weighted by Gasteiger charge is 2.12. The van der Waals surface area contributed by atoms with Gasteiger partial charge in [0, 0.05) is 11.4 Å². The molecule has 0 unspecified atom stereocenters. The van der Waals surface area contributed by atoms with E-state index in [0.717, 1.165) is 18.2 Å². The lowest BCUT2D eigenvalue weighted by Gasteiger charge is -2.07. The molecule has 2 nitrogen and oxygen atoms in total. The second kappa shape index (κ2) is 6.00. The van der Waals surface area contributed by atoms with Crippen LogP contribution >= 0.6 is 12.6 Å². The zero-order valence-corrected chi connectivity index (χ0v) is 11.1. The Balaban J connectivity index is 2.08. The monoisotopic (exact) mass is 297 g/mol. The highest BCUT2D eigenvalue weighted by atomic mass is 32.1. The maximum absolute atomic E-state index is 13.5. The second-order valence-corrected chi connectivity index (χ2v) is 4.61. The third kappa shape index (κ3) is 3.33. The molecule has 0 saturated heterocycles. The molecule has 0 atom stereocenters. The zero-order valence-electron chi connectivity index (χ0n) is 10.2. The molecular formula is C14H10F3NOS. The van der Waals surface area contributed by atoms with Crippen LogP contribution in [0, 0.1) is 17.5 Å². The van der Waals surface area contributed by atoms with Crippen LogP contribution in [0.15, 0.2) is 41.3 Å². The molecule has 104 valence electrons. The van der Waals surface area contributed by atoms with Gasteiger partial charge in [-0.15, -0.1) is 12.6 Å². The van der Waals surface area contributed by atoms with Crippen molar-refractivity contribution in [2.45, 2.75) is 11.4 Å². The largest absolute Gasteiger partial charge is 0.348 e. The molecular weight excluding hydrogens is 287 g/mol. The SMILES string of the molecule is O=C(NCc1ccc(F)c(F)c1)c1cc(S)ccc1F. The van der Waals surface area contributed by atoms with E-state index in [2.05, 4.69) is 17.9 Å². The average Bonchev–Trinajstić information content (AvgIpc) is 2.42. The van der Waals surface area contributed by atoms with Gasteiger partial charge in [-0.25, -0.2) is 13.2 Å². The van der Waals surface area contributed by atoms with Crippen molar-refractivity contribution in [1.29, 1.82) is 0 Å². The smallest absolute Gasteiger partial charge is 0.254 e. The maximum Gasteiger partial charge on any atom is 0.254 e. The molecule has 0 aromatic heterocycles. The van der Waals surface area contributed by atoms with Gasteiger partial charge in [-0.1, -0.05) is 6.07 Å². The summed E-state index contributed by atoms with van der Waals surface area (Å²) in [5.74, 6) is -3.29. The predicted octanol–water partition coefficient (Wildman–Crippen LogP) is 3.32. The van der Waals surface area contributed by atoms with Crippen LogP contribution in [0.2, 0.25) is 0 Å². The third-order valence-corrected chi connectivity index (χ3v) is 2.91. The molecule has 0 fully saturated rings. The van der Waals surface area contributed by atoms with Crippen LogP contribution in [-0.2, 0) is 6.54 Å². The molecule has 0 bridgehead atoms. The van der Waals surface area contributed by atoms with Crippen LogP contribution < -0.4 is 5.32 Å². The fraction of sp³-hybridized carbons (Fsp3) is 0.0714. The Labute approximate surface area is 119 Å². The van der Waals surface area contributed by atoms with Crippen molar-refractivity contribution in [1.82, 2.24) is 5.32 Å². The van der Waals surface area contributed by atoms with E-state index in [4.69, 9.17) is 0 Å². The zero-order chi connectivity index (χ0) is 14.7. The standard InChI is InChI=1S/C14H10F3NOS/c15-11-4-2-9(20)6-10(11)14(19)18-7-8-1-3-12(16)13(17)5-8/h1-6,20H,7H2,(H,18,19). The summed E-state index contributed by atoms with van der Waals surface area (Å²) >= 11 is 4.02. The Morgan fingerprint density at radius 2 is 1.70 bits per heavy atom. The lowest BCUT2D eigenvalue weighted by Crippen LogP contribution is -2.24. The molecule has 1 N–H and O–H groups in total. The molecule has 0 spiro atoms. The lowest BCUT2D eigenvalue weighted by atomic mass is 10.1. The number of nitrogens with one attached hydrogen (secondary N) is 1. The minimum atomic E-state index is -1.000. The minimum Gasteiger partial charge on any atom is -0.348 e. The summed E-state index contributed by atoms with van der Waals surface area (Å²) in [6.07, 6.45) is 0. The van der Waals surface area contributed by atoms with Gasteiger partial charge in [0.15, 0.2) is 11.6 Å². The van der Waals surface area contributed by atoms with Crippen molar-refractivity contribution >= 4 is 18.5 Å². The number of thiol groups is 1. The van der Waals surface area contributed by atoms with Crippen molar-refractivity contribution in [2.75, 3.05) is 0 Å². The predicted molar refractivity (Wildman–Crippen MR) is 71.2 cm³/mol. The number of carbonyl (C=O) groups excluding carboxylic acids is 1. The number of hydrogen-bond donors (Lipinski definition) is 2. The molecule has 6 heteroatoms. The fourth-order valence-corrected chi connectivity index (χ4v) is 1.82. The van der Waals surface area contributed by atoms with Gasteiger partial charge in [0.2, 0.25) is 0 Å². The van der Waals surface area contributed by atoms with E-state index in [0.29, 0.717) is 10.5 Å². The van der Waals surface area contributed by atoms with Crippen molar-refractivity contribution in [3.05, 3.63) is 65.0 Å². The molecule has 0 aliphatic carbocycles. The number of halogens is 3. The Hall–Kier alpha value is -1.95. The van der Waals surface area contributed by atoms with Gasteiger partial charge in [0.05, 0.1) is 5.56 Å². The maximum atomic E-state index is 13.5. The summed E-state index contributed by atoms with van der Waals surface area (Å²) in [6, 6.07) is 7.12. The quantitative estimate of drug-likeness (QED) is 0.836. The Bertz CT molecular complexity index is 661. The van der Waals surface area contributed by atoms with Crippen LogP contribution in [0.25, 0.3) is 0 Å². The van der Waals surface area contributed by atoms with Crippen molar-refractivity contribution < 1.29 is 18.0 Å². The number of carbonyl (C=O) groups is 1. The molecule has 0 saturated carbocycles. The minimum absolute atomic E-state index is 0.0354. The van der Waals surface area contributed by atoms with Crippen LogP contribution in [0.1, 0.15) is 15.9 Å². The van der Waals surface area contributed by atoms with E-state index < -0.39 is 23.4 Å². The molecule has 0 aliphatic heterocycles. The highest BCUT2D eigenvalue weighted by Crippen LogP contribution is 2.14. The van der Waals surface area contributed by atoms with Gasteiger partial charge in [0.1, 0.15) is 5.82 Å². The highest BCUT2D eigenvalue weighted by molar-refractivity contribution is 7.80. The van der Waals surface area contributed by atoms with Gasteiger partial charge >= 0.3 is 0 Å². The van der Waals surface area contributed by atoms with E-state index in [-0.39, 0.29) is 12.1 Å². The molecule has 1 amide bonds. The summed E-state index contributed by atoms with van der Waals surface area (Å²) in [5, 5.41) is 2.43. The molecule has 2 aromatic carbocycles. The van der Waals surface area contributed by atoms with Crippen molar-refractivity contribution in [3.8, 4) is 0 Å². The van der Waals surface area contributed by atoms with Crippen LogP contribution in [0.5, 0.6) is 0 Å². The van der Waals surface area contributed by atoms with Crippen molar-refractivity contribution in [2.24, 2.45) is 0 Å². The molecule has 20 heavy (non-hydrogen) atoms. The Morgan fingerprint density at radius 1 is 1.00 bits per heavy atom. The number of hydrogen-bond acceptors (Lipinski definition) is 2. The van der Waals surface area contributed by atoms with E-state index in [1.165, 1.54) is 18.2 Å². The first-order valence-corrected chi connectivity index (χ1v) is 6.13. The van der Waals surface area contributed by atoms with E-state index in [1.54, 1.807) is 0 Å². The number of benzene rings is 2. The summed E-state index contributed by atoms with van der Waals surface area (Å²) in [7, 11) is 0. The van der Waals surface area contributed by atoms with Gasteiger partial charge in [-0.05, 0) is 35.9 Å². The van der Waals surface area contributed by atoms with Crippen LogP contribution in [0.3, 0.4) is 0 Å². The Kier molecular flexibility index (Phi) is 4.34. The van der Waals surface area contributed by atoms with E-state index in [1.807, 2.05) is 0 Å². The van der Waals surface area contributed by atoms with Gasteiger partial charge < -0.3 is 5.32 Å². The molecule has 0 heterocycles. The third-order valence-electron chi connectivity index (χ3n) is 2.63. The summed E-state index contributed by atoms with van der Waals surface area (Å²) in [5.41, 5.74) is 0.222. The summed E-state index contributed by atoms with van der Waals surface area (Å²) in [4.78, 5) is 12.2. The lowest BCUT2D eigenvalue weighted by molar-refractivity contribution is 0.0946. The van der Waals surface area contributed by atoms with Crippen LogP contribution in [0.4, 0.5) is 13.2 Å². The summed E-state index contributed by atoms with van der Waals surface area (Å²) in [6.45, 7) is -0.0354. The van der Waals surface area contributed by atoms with Crippen molar-refractivity contribution in [3.63, 3.8) is 0 Å². The first-order valence-electron chi connectivity index (χ1n) is 5.68. The number of amides is 1.